The Morgan fingerprint density at radius 2 is 1.83 bits per heavy atom. The normalized spacial score (nSPS) is 25.9. The fourth-order valence-corrected chi connectivity index (χ4v) is 2.82. The Kier molecular flexibility index (Phi) is 5.94. The highest BCUT2D eigenvalue weighted by atomic mass is 16.5. The van der Waals surface area contributed by atoms with Crippen molar-refractivity contribution in [3.63, 3.8) is 0 Å². The molecule has 2 fully saturated rings. The molecule has 0 radical (unpaired) electrons. The van der Waals surface area contributed by atoms with Crippen molar-refractivity contribution >= 4 is 5.91 Å². The topological polar surface area (TPSA) is 50.4 Å². The van der Waals surface area contributed by atoms with Crippen molar-refractivity contribution in [1.29, 1.82) is 0 Å². The van der Waals surface area contributed by atoms with E-state index in [9.17, 15) is 4.79 Å². The first-order valence-corrected chi connectivity index (χ1v) is 7.46. The quantitative estimate of drug-likeness (QED) is 0.733. The largest absolute Gasteiger partial charge is 0.376 e. The van der Waals surface area contributed by atoms with Crippen LogP contribution in [-0.4, -0.2) is 37.7 Å². The predicted molar refractivity (Wildman–Crippen MR) is 71.5 cm³/mol. The molecule has 0 aromatic heterocycles. The Morgan fingerprint density at radius 3 is 2.50 bits per heavy atom. The Bertz CT molecular complexity index is 244. The Labute approximate surface area is 110 Å². The maximum atomic E-state index is 11.7. The molecule has 0 aromatic rings. The zero-order chi connectivity index (χ0) is 12.6. The minimum absolute atomic E-state index is 0.106. The molecule has 4 heteroatoms. The molecule has 1 saturated heterocycles. The second-order valence-corrected chi connectivity index (χ2v) is 5.51. The number of carbonyl (C=O) groups excluding carboxylic acids is 1. The molecule has 1 amide bonds. The maximum Gasteiger partial charge on any atom is 0.234 e. The van der Waals surface area contributed by atoms with E-state index in [1.807, 2.05) is 0 Å². The summed E-state index contributed by atoms with van der Waals surface area (Å²) in [6, 6.07) is 0.543. The van der Waals surface area contributed by atoms with Gasteiger partial charge < -0.3 is 15.4 Å². The predicted octanol–water partition coefficient (Wildman–Crippen LogP) is 1.59. The van der Waals surface area contributed by atoms with Gasteiger partial charge in [0.1, 0.15) is 0 Å². The third-order valence-corrected chi connectivity index (χ3v) is 3.96. The van der Waals surface area contributed by atoms with Crippen LogP contribution in [0.15, 0.2) is 0 Å². The van der Waals surface area contributed by atoms with Crippen LogP contribution >= 0.6 is 0 Å². The first kappa shape index (κ1) is 13.8. The van der Waals surface area contributed by atoms with Crippen molar-refractivity contribution in [3.8, 4) is 0 Å². The van der Waals surface area contributed by atoms with Crippen LogP contribution in [-0.2, 0) is 9.53 Å². The summed E-state index contributed by atoms with van der Waals surface area (Å²) in [4.78, 5) is 11.7. The first-order chi connectivity index (χ1) is 8.84. The molecule has 0 aromatic carbocycles. The minimum atomic E-state index is 0.106. The van der Waals surface area contributed by atoms with Gasteiger partial charge in [-0.1, -0.05) is 25.7 Å². The molecule has 1 heterocycles. The molecule has 104 valence electrons. The number of nitrogens with one attached hydrogen (secondary N) is 2. The van der Waals surface area contributed by atoms with Crippen LogP contribution in [0.2, 0.25) is 0 Å². The van der Waals surface area contributed by atoms with Gasteiger partial charge in [0.25, 0.3) is 0 Å². The number of ether oxygens (including phenoxy) is 1. The molecular formula is C14H26N2O2. The molecule has 0 spiro atoms. The summed E-state index contributed by atoms with van der Waals surface area (Å²) >= 11 is 0. The summed E-state index contributed by atoms with van der Waals surface area (Å²) in [5.41, 5.74) is 0. The number of hydrogen-bond acceptors (Lipinski definition) is 3. The highest BCUT2D eigenvalue weighted by Gasteiger charge is 2.17. The molecule has 2 aliphatic rings. The van der Waals surface area contributed by atoms with Gasteiger partial charge in [-0.3, -0.25) is 4.79 Å². The van der Waals surface area contributed by atoms with Crippen molar-refractivity contribution in [2.24, 2.45) is 0 Å². The second kappa shape index (κ2) is 7.74. The van der Waals surface area contributed by atoms with E-state index in [4.69, 9.17) is 4.74 Å². The summed E-state index contributed by atoms with van der Waals surface area (Å²) in [7, 11) is 0. The summed E-state index contributed by atoms with van der Waals surface area (Å²) in [6.07, 6.45) is 10.2. The van der Waals surface area contributed by atoms with Gasteiger partial charge in [0, 0.05) is 19.2 Å². The molecular weight excluding hydrogens is 228 g/mol. The van der Waals surface area contributed by atoms with Crippen molar-refractivity contribution in [1.82, 2.24) is 10.6 Å². The summed E-state index contributed by atoms with van der Waals surface area (Å²) < 4.78 is 5.48. The lowest BCUT2D eigenvalue weighted by atomic mass is 10.1. The molecule has 18 heavy (non-hydrogen) atoms. The lowest BCUT2D eigenvalue weighted by Gasteiger charge is -2.16. The van der Waals surface area contributed by atoms with Gasteiger partial charge in [-0.2, -0.15) is 0 Å². The molecule has 1 unspecified atom stereocenters. The van der Waals surface area contributed by atoms with Crippen LogP contribution < -0.4 is 10.6 Å². The van der Waals surface area contributed by atoms with E-state index in [1.165, 1.54) is 38.5 Å². The number of hydrogen-bond donors (Lipinski definition) is 2. The van der Waals surface area contributed by atoms with Crippen LogP contribution in [0.25, 0.3) is 0 Å². The van der Waals surface area contributed by atoms with E-state index in [-0.39, 0.29) is 12.0 Å². The molecule has 0 bridgehead atoms. The van der Waals surface area contributed by atoms with E-state index in [1.54, 1.807) is 0 Å². The van der Waals surface area contributed by atoms with Gasteiger partial charge >= 0.3 is 0 Å². The van der Waals surface area contributed by atoms with E-state index >= 15 is 0 Å². The van der Waals surface area contributed by atoms with E-state index in [2.05, 4.69) is 10.6 Å². The molecule has 1 saturated carbocycles. The third-order valence-electron chi connectivity index (χ3n) is 3.96. The molecule has 1 atom stereocenters. The second-order valence-electron chi connectivity index (χ2n) is 5.51. The lowest BCUT2D eigenvalue weighted by molar-refractivity contribution is -0.120. The average molecular weight is 254 g/mol. The van der Waals surface area contributed by atoms with Gasteiger partial charge in [-0.15, -0.1) is 0 Å². The highest BCUT2D eigenvalue weighted by molar-refractivity contribution is 5.78. The Hall–Kier alpha value is -0.610. The fraction of sp³-hybridized carbons (Fsp3) is 0.929. The van der Waals surface area contributed by atoms with Gasteiger partial charge in [0.15, 0.2) is 0 Å². The molecule has 1 aliphatic heterocycles. The van der Waals surface area contributed by atoms with Crippen molar-refractivity contribution in [2.75, 3.05) is 19.7 Å². The molecule has 4 nitrogen and oxygen atoms in total. The summed E-state index contributed by atoms with van der Waals surface area (Å²) in [5, 5.41) is 6.34. The first-order valence-electron chi connectivity index (χ1n) is 7.46. The maximum absolute atomic E-state index is 11.7. The zero-order valence-corrected chi connectivity index (χ0v) is 11.2. The standard InChI is InChI=1S/C14H26N2O2/c17-14(16-10-13-8-5-9-18-13)11-15-12-6-3-1-2-4-7-12/h12-13,15H,1-11H2,(H,16,17). The summed E-state index contributed by atoms with van der Waals surface area (Å²) in [5.74, 6) is 0.106. The van der Waals surface area contributed by atoms with Crippen LogP contribution in [0.5, 0.6) is 0 Å². The van der Waals surface area contributed by atoms with E-state index in [0.717, 1.165) is 19.4 Å². The zero-order valence-electron chi connectivity index (χ0n) is 11.2. The van der Waals surface area contributed by atoms with Gasteiger partial charge in [0.2, 0.25) is 5.91 Å². The molecule has 2 rings (SSSR count). The van der Waals surface area contributed by atoms with Crippen molar-refractivity contribution in [3.05, 3.63) is 0 Å². The summed E-state index contributed by atoms with van der Waals surface area (Å²) in [6.45, 7) is 1.98. The smallest absolute Gasteiger partial charge is 0.234 e. The van der Waals surface area contributed by atoms with Crippen LogP contribution in [0, 0.1) is 0 Å². The van der Waals surface area contributed by atoms with Crippen molar-refractivity contribution in [2.45, 2.75) is 63.5 Å². The number of rotatable bonds is 5. The van der Waals surface area contributed by atoms with Gasteiger partial charge in [0.05, 0.1) is 12.6 Å². The van der Waals surface area contributed by atoms with E-state index < -0.39 is 0 Å². The van der Waals surface area contributed by atoms with Crippen LogP contribution in [0.4, 0.5) is 0 Å². The Balaban J connectivity index is 1.55. The van der Waals surface area contributed by atoms with Gasteiger partial charge in [-0.25, -0.2) is 0 Å². The Morgan fingerprint density at radius 1 is 1.06 bits per heavy atom. The lowest BCUT2D eigenvalue weighted by Crippen LogP contribution is -2.41. The number of amides is 1. The fourth-order valence-electron chi connectivity index (χ4n) is 2.82. The molecule has 2 N–H and O–H groups in total. The van der Waals surface area contributed by atoms with Crippen molar-refractivity contribution < 1.29 is 9.53 Å². The third kappa shape index (κ3) is 4.94. The van der Waals surface area contributed by atoms with Crippen LogP contribution in [0.1, 0.15) is 51.4 Å². The van der Waals surface area contributed by atoms with Gasteiger partial charge in [-0.05, 0) is 25.7 Å². The monoisotopic (exact) mass is 254 g/mol. The molecule has 1 aliphatic carbocycles. The SMILES string of the molecule is O=C(CNC1CCCCCC1)NCC1CCCO1. The highest BCUT2D eigenvalue weighted by Crippen LogP contribution is 2.16. The van der Waals surface area contributed by atoms with Crippen LogP contribution in [0.3, 0.4) is 0 Å². The minimum Gasteiger partial charge on any atom is -0.376 e. The van der Waals surface area contributed by atoms with E-state index in [0.29, 0.717) is 19.1 Å². The number of carbonyl (C=O) groups is 1. The average Bonchev–Trinajstić information content (AvgIpc) is 2.76.